The number of benzene rings is 2. The predicted molar refractivity (Wildman–Crippen MR) is 107 cm³/mol. The van der Waals surface area contributed by atoms with Crippen molar-refractivity contribution in [1.29, 1.82) is 0 Å². The molecule has 0 aromatic heterocycles. The maximum absolute atomic E-state index is 12.4. The highest BCUT2D eigenvalue weighted by molar-refractivity contribution is 7.89. The summed E-state index contributed by atoms with van der Waals surface area (Å²) in [6, 6.07) is 15.6. The lowest BCUT2D eigenvalue weighted by Gasteiger charge is -2.12. The minimum Gasteiger partial charge on any atom is -0.377 e. The fourth-order valence-corrected chi connectivity index (χ4v) is 4.19. The van der Waals surface area contributed by atoms with Crippen molar-refractivity contribution >= 4 is 10.0 Å². The molecular weight excluding hydrogens is 360 g/mol. The van der Waals surface area contributed by atoms with Gasteiger partial charge in [0.25, 0.3) is 0 Å². The van der Waals surface area contributed by atoms with E-state index in [4.69, 9.17) is 4.74 Å². The van der Waals surface area contributed by atoms with Crippen molar-refractivity contribution in [3.8, 4) is 0 Å². The fourth-order valence-electron chi connectivity index (χ4n) is 3.12. The summed E-state index contributed by atoms with van der Waals surface area (Å²) in [6.45, 7) is 4.68. The van der Waals surface area contributed by atoms with Gasteiger partial charge < -0.3 is 10.1 Å². The standard InChI is InChI=1S/C21H28N2O3S/c1-2-17-5-7-18(8-6-17)14-22-15-19-9-11-21(12-10-19)27(24,25)23-16-20-4-3-13-26-20/h5-12,20,22-23H,2-4,13-16H2,1H3. The van der Waals surface area contributed by atoms with Gasteiger partial charge in [0, 0.05) is 26.2 Å². The highest BCUT2D eigenvalue weighted by Gasteiger charge is 2.20. The normalized spacial score (nSPS) is 17.3. The number of ether oxygens (including phenoxy) is 1. The van der Waals surface area contributed by atoms with Crippen LogP contribution in [0.5, 0.6) is 0 Å². The van der Waals surface area contributed by atoms with Crippen LogP contribution in [-0.4, -0.2) is 27.7 Å². The first kappa shape index (κ1) is 20.0. The zero-order valence-corrected chi connectivity index (χ0v) is 16.6. The number of sulfonamides is 1. The molecule has 5 nitrogen and oxygen atoms in total. The first-order chi connectivity index (χ1) is 13.1. The second kappa shape index (κ2) is 9.46. The second-order valence-corrected chi connectivity index (χ2v) is 8.67. The molecule has 2 aromatic rings. The van der Waals surface area contributed by atoms with Crippen LogP contribution in [0.15, 0.2) is 53.4 Å². The fraction of sp³-hybridized carbons (Fsp3) is 0.429. The smallest absolute Gasteiger partial charge is 0.240 e. The molecule has 2 N–H and O–H groups in total. The third-order valence-electron chi connectivity index (χ3n) is 4.85. The molecule has 6 heteroatoms. The molecule has 146 valence electrons. The molecule has 1 unspecified atom stereocenters. The van der Waals surface area contributed by atoms with E-state index in [0.29, 0.717) is 18.0 Å². The molecule has 2 aromatic carbocycles. The van der Waals surface area contributed by atoms with E-state index in [9.17, 15) is 8.42 Å². The van der Waals surface area contributed by atoms with Gasteiger partial charge in [-0.25, -0.2) is 13.1 Å². The quantitative estimate of drug-likeness (QED) is 0.693. The van der Waals surface area contributed by atoms with Crippen LogP contribution in [0.2, 0.25) is 0 Å². The van der Waals surface area contributed by atoms with Crippen LogP contribution in [0.25, 0.3) is 0 Å². The zero-order valence-electron chi connectivity index (χ0n) is 15.8. The summed E-state index contributed by atoms with van der Waals surface area (Å²) in [5.74, 6) is 0. The highest BCUT2D eigenvalue weighted by atomic mass is 32.2. The Bertz CT molecular complexity index is 812. The van der Waals surface area contributed by atoms with E-state index in [0.717, 1.165) is 38.0 Å². The van der Waals surface area contributed by atoms with Crippen molar-refractivity contribution < 1.29 is 13.2 Å². The Kier molecular flexibility index (Phi) is 7.01. The summed E-state index contributed by atoms with van der Waals surface area (Å²) >= 11 is 0. The molecule has 0 bridgehead atoms. The van der Waals surface area contributed by atoms with Gasteiger partial charge in [-0.3, -0.25) is 0 Å². The first-order valence-corrected chi connectivity index (χ1v) is 11.0. The monoisotopic (exact) mass is 388 g/mol. The van der Waals surface area contributed by atoms with Crippen molar-refractivity contribution in [3.05, 3.63) is 65.2 Å². The van der Waals surface area contributed by atoms with Gasteiger partial charge >= 0.3 is 0 Å². The molecule has 0 aliphatic carbocycles. The third-order valence-corrected chi connectivity index (χ3v) is 6.29. The molecule has 1 aliphatic rings. The molecule has 1 heterocycles. The van der Waals surface area contributed by atoms with Crippen LogP contribution in [-0.2, 0) is 34.3 Å². The molecule has 1 saturated heterocycles. The van der Waals surface area contributed by atoms with Gasteiger partial charge in [0.1, 0.15) is 0 Å². The Morgan fingerprint density at radius 2 is 1.56 bits per heavy atom. The van der Waals surface area contributed by atoms with Crippen molar-refractivity contribution in [2.24, 2.45) is 0 Å². The summed E-state index contributed by atoms with van der Waals surface area (Å²) in [5, 5.41) is 3.39. The Hall–Kier alpha value is -1.73. The van der Waals surface area contributed by atoms with E-state index in [1.54, 1.807) is 12.1 Å². The molecule has 0 saturated carbocycles. The average Bonchev–Trinajstić information content (AvgIpc) is 3.21. The van der Waals surface area contributed by atoms with E-state index >= 15 is 0 Å². The molecule has 1 fully saturated rings. The molecule has 1 aliphatic heterocycles. The molecule has 0 radical (unpaired) electrons. The van der Waals surface area contributed by atoms with Crippen molar-refractivity contribution in [3.63, 3.8) is 0 Å². The lowest BCUT2D eigenvalue weighted by molar-refractivity contribution is 0.114. The van der Waals surface area contributed by atoms with Crippen LogP contribution in [0.3, 0.4) is 0 Å². The topological polar surface area (TPSA) is 67.4 Å². The number of rotatable bonds is 9. The zero-order chi connectivity index (χ0) is 19.1. The van der Waals surface area contributed by atoms with Gasteiger partial charge in [0.05, 0.1) is 11.0 Å². The molecule has 1 atom stereocenters. The van der Waals surface area contributed by atoms with Crippen LogP contribution in [0, 0.1) is 0 Å². The minimum absolute atomic E-state index is 0.00496. The van der Waals surface area contributed by atoms with Crippen molar-refractivity contribution in [2.45, 2.75) is 50.3 Å². The summed E-state index contributed by atoms with van der Waals surface area (Å²) in [6.07, 6.45) is 2.95. The van der Waals surface area contributed by atoms with E-state index in [2.05, 4.69) is 41.2 Å². The Labute approximate surface area is 162 Å². The SMILES string of the molecule is CCc1ccc(CNCc2ccc(S(=O)(=O)NCC3CCCO3)cc2)cc1. The van der Waals surface area contributed by atoms with E-state index < -0.39 is 10.0 Å². The predicted octanol–water partition coefficient (Wildman–Crippen LogP) is 3.00. The van der Waals surface area contributed by atoms with Crippen molar-refractivity contribution in [2.75, 3.05) is 13.2 Å². The number of hydrogen-bond donors (Lipinski definition) is 2. The van der Waals surface area contributed by atoms with Crippen LogP contribution >= 0.6 is 0 Å². The first-order valence-electron chi connectivity index (χ1n) is 9.55. The minimum atomic E-state index is -3.49. The molecular formula is C21H28N2O3S. The van der Waals surface area contributed by atoms with Crippen LogP contribution in [0.4, 0.5) is 0 Å². The van der Waals surface area contributed by atoms with Gasteiger partial charge in [0.15, 0.2) is 0 Å². The summed E-state index contributed by atoms with van der Waals surface area (Å²) in [5.41, 5.74) is 3.63. The maximum atomic E-state index is 12.4. The highest BCUT2D eigenvalue weighted by Crippen LogP contribution is 2.14. The number of hydrogen-bond acceptors (Lipinski definition) is 4. The number of aryl methyl sites for hydroxylation is 1. The van der Waals surface area contributed by atoms with Crippen molar-refractivity contribution in [1.82, 2.24) is 10.0 Å². The van der Waals surface area contributed by atoms with Gasteiger partial charge in [-0.1, -0.05) is 43.3 Å². The third kappa shape index (κ3) is 5.87. The number of nitrogens with one attached hydrogen (secondary N) is 2. The Morgan fingerprint density at radius 1 is 0.963 bits per heavy atom. The van der Waals surface area contributed by atoms with Crippen LogP contribution < -0.4 is 10.0 Å². The van der Waals surface area contributed by atoms with Gasteiger partial charge in [-0.05, 0) is 48.1 Å². The van der Waals surface area contributed by atoms with Gasteiger partial charge in [0.2, 0.25) is 10.0 Å². The van der Waals surface area contributed by atoms with E-state index in [-0.39, 0.29) is 6.10 Å². The molecule has 3 rings (SSSR count). The van der Waals surface area contributed by atoms with Gasteiger partial charge in [-0.15, -0.1) is 0 Å². The van der Waals surface area contributed by atoms with E-state index in [1.165, 1.54) is 11.1 Å². The summed E-state index contributed by atoms with van der Waals surface area (Å²) in [7, 11) is -3.49. The molecule has 0 amide bonds. The molecule has 0 spiro atoms. The van der Waals surface area contributed by atoms with E-state index in [1.807, 2.05) is 12.1 Å². The lowest BCUT2D eigenvalue weighted by Crippen LogP contribution is -2.31. The largest absolute Gasteiger partial charge is 0.377 e. The Morgan fingerprint density at radius 3 is 2.11 bits per heavy atom. The Balaban J connectivity index is 1.48. The van der Waals surface area contributed by atoms with Crippen LogP contribution in [0.1, 0.15) is 36.5 Å². The summed E-state index contributed by atoms with van der Waals surface area (Å²) in [4.78, 5) is 0.291. The maximum Gasteiger partial charge on any atom is 0.240 e. The molecule has 27 heavy (non-hydrogen) atoms. The summed E-state index contributed by atoms with van der Waals surface area (Å²) < 4.78 is 32.8. The second-order valence-electron chi connectivity index (χ2n) is 6.90. The average molecular weight is 389 g/mol. The van der Waals surface area contributed by atoms with Gasteiger partial charge in [-0.2, -0.15) is 0 Å². The lowest BCUT2D eigenvalue weighted by atomic mass is 10.1.